The molecule has 2 atom stereocenters. The molecule has 1 aromatic carbocycles. The topological polar surface area (TPSA) is 64.2 Å². The molecule has 0 aliphatic rings. The summed E-state index contributed by atoms with van der Waals surface area (Å²) in [6, 6.07) is 5.36. The van der Waals surface area contributed by atoms with Gasteiger partial charge in [-0.3, -0.25) is 0 Å². The van der Waals surface area contributed by atoms with Crippen LogP contribution in [0.25, 0.3) is 0 Å². The second-order valence-corrected chi connectivity index (χ2v) is 3.55. The van der Waals surface area contributed by atoms with E-state index in [0.717, 1.165) is 6.07 Å². The van der Waals surface area contributed by atoms with Crippen molar-refractivity contribution in [3.63, 3.8) is 0 Å². The molecule has 0 bridgehead atoms. The van der Waals surface area contributed by atoms with Gasteiger partial charge < -0.3 is 10.2 Å². The van der Waals surface area contributed by atoms with Gasteiger partial charge in [-0.05, 0) is 33.6 Å². The third kappa shape index (κ3) is 2.29. The smallest absolute Gasteiger partial charge is 0.170 e. The summed E-state index contributed by atoms with van der Waals surface area (Å²) >= 11 is 2.95. The summed E-state index contributed by atoms with van der Waals surface area (Å²) in [5, 5.41) is 26.7. The second-order valence-electron chi connectivity index (χ2n) is 2.69. The van der Waals surface area contributed by atoms with Crippen LogP contribution in [-0.4, -0.2) is 16.3 Å². The lowest BCUT2D eigenvalue weighted by Gasteiger charge is -2.11. The Morgan fingerprint density at radius 3 is 2.57 bits per heavy atom. The molecule has 0 saturated carbocycles. The van der Waals surface area contributed by atoms with Gasteiger partial charge in [0.25, 0.3) is 0 Å². The van der Waals surface area contributed by atoms with E-state index in [4.69, 9.17) is 10.4 Å². The molecular weight excluding hydrogens is 253 g/mol. The summed E-state index contributed by atoms with van der Waals surface area (Å²) in [4.78, 5) is 0. The van der Waals surface area contributed by atoms with Crippen LogP contribution < -0.4 is 0 Å². The Kier molecular flexibility index (Phi) is 3.58. The van der Waals surface area contributed by atoms with Crippen molar-refractivity contribution in [3.8, 4) is 6.07 Å². The highest BCUT2D eigenvalue weighted by molar-refractivity contribution is 9.10. The molecule has 74 valence electrons. The van der Waals surface area contributed by atoms with Gasteiger partial charge in [0.15, 0.2) is 6.10 Å². The summed E-state index contributed by atoms with van der Waals surface area (Å²) < 4.78 is 13.2. The van der Waals surface area contributed by atoms with Crippen LogP contribution in [0.5, 0.6) is 0 Å². The number of hydrogen-bond donors (Lipinski definition) is 2. The highest BCUT2D eigenvalue weighted by Gasteiger charge is 2.18. The van der Waals surface area contributed by atoms with Crippen LogP contribution in [0.15, 0.2) is 22.7 Å². The van der Waals surface area contributed by atoms with Gasteiger partial charge in [0.1, 0.15) is 11.9 Å². The van der Waals surface area contributed by atoms with E-state index in [1.807, 2.05) is 0 Å². The van der Waals surface area contributed by atoms with E-state index in [1.165, 1.54) is 18.2 Å². The van der Waals surface area contributed by atoms with E-state index in [9.17, 15) is 9.50 Å². The maximum atomic E-state index is 13.0. The minimum atomic E-state index is -1.55. The molecule has 1 rings (SSSR count). The molecule has 0 amide bonds. The number of nitrogens with zero attached hydrogens (tertiary/aromatic N) is 1. The highest BCUT2D eigenvalue weighted by atomic mass is 79.9. The molecule has 5 heteroatoms. The van der Waals surface area contributed by atoms with Crippen LogP contribution in [0.4, 0.5) is 4.39 Å². The van der Waals surface area contributed by atoms with Gasteiger partial charge in [0, 0.05) is 0 Å². The molecule has 0 fully saturated rings. The lowest BCUT2D eigenvalue weighted by Crippen LogP contribution is -2.15. The summed E-state index contributed by atoms with van der Waals surface area (Å²) in [6.07, 6.45) is -2.93. The van der Waals surface area contributed by atoms with Crippen LogP contribution in [0.3, 0.4) is 0 Å². The minimum Gasteiger partial charge on any atom is -0.385 e. The molecule has 2 unspecified atom stereocenters. The molecule has 0 aliphatic heterocycles. The Bertz CT molecular complexity index is 378. The van der Waals surface area contributed by atoms with Crippen LogP contribution >= 0.6 is 15.9 Å². The fourth-order valence-electron chi connectivity index (χ4n) is 0.949. The normalized spacial score (nSPS) is 14.5. The molecular formula is C9H7BrFNO2. The fourth-order valence-corrected chi connectivity index (χ4v) is 1.20. The van der Waals surface area contributed by atoms with E-state index in [0.29, 0.717) is 0 Å². The van der Waals surface area contributed by atoms with E-state index in [-0.39, 0.29) is 10.0 Å². The van der Waals surface area contributed by atoms with Crippen molar-refractivity contribution >= 4 is 15.9 Å². The van der Waals surface area contributed by atoms with Crippen LogP contribution in [0.2, 0.25) is 0 Å². The van der Waals surface area contributed by atoms with Gasteiger partial charge >= 0.3 is 0 Å². The molecule has 14 heavy (non-hydrogen) atoms. The predicted octanol–water partition coefficient (Wildman–Crippen LogP) is 1.51. The van der Waals surface area contributed by atoms with Crippen LogP contribution in [-0.2, 0) is 0 Å². The summed E-state index contributed by atoms with van der Waals surface area (Å²) in [6.45, 7) is 0. The van der Waals surface area contributed by atoms with E-state index < -0.39 is 18.0 Å². The maximum Gasteiger partial charge on any atom is 0.170 e. The number of aliphatic hydroxyl groups is 2. The van der Waals surface area contributed by atoms with Crippen molar-refractivity contribution in [1.29, 1.82) is 5.26 Å². The SMILES string of the molecule is N#CC(O)C(O)c1ccc(Br)c(F)c1. The van der Waals surface area contributed by atoms with Gasteiger partial charge in [0.2, 0.25) is 0 Å². The molecule has 0 aromatic heterocycles. The first kappa shape index (κ1) is 11.1. The van der Waals surface area contributed by atoms with Crippen LogP contribution in [0.1, 0.15) is 11.7 Å². The average molecular weight is 260 g/mol. The predicted molar refractivity (Wildman–Crippen MR) is 50.7 cm³/mol. The standard InChI is InChI=1S/C9H7BrFNO2/c10-6-2-1-5(3-7(6)11)9(14)8(13)4-12/h1-3,8-9,13-14H. The van der Waals surface area contributed by atoms with Gasteiger partial charge in [-0.1, -0.05) is 6.07 Å². The highest BCUT2D eigenvalue weighted by Crippen LogP contribution is 2.22. The number of aliphatic hydroxyl groups excluding tert-OH is 2. The van der Waals surface area contributed by atoms with Crippen molar-refractivity contribution in [3.05, 3.63) is 34.1 Å². The number of halogens is 2. The fraction of sp³-hybridized carbons (Fsp3) is 0.222. The maximum absolute atomic E-state index is 13.0. The minimum absolute atomic E-state index is 0.166. The van der Waals surface area contributed by atoms with E-state index in [1.54, 1.807) is 0 Å². The third-order valence-corrected chi connectivity index (χ3v) is 2.36. The van der Waals surface area contributed by atoms with E-state index in [2.05, 4.69) is 15.9 Å². The van der Waals surface area contributed by atoms with Crippen LogP contribution in [0, 0.1) is 17.1 Å². The van der Waals surface area contributed by atoms with E-state index >= 15 is 0 Å². The van der Waals surface area contributed by atoms with Gasteiger partial charge in [-0.15, -0.1) is 0 Å². The number of nitriles is 1. The Morgan fingerprint density at radius 2 is 2.07 bits per heavy atom. The number of hydrogen-bond acceptors (Lipinski definition) is 3. The molecule has 0 radical (unpaired) electrons. The first-order valence-electron chi connectivity index (χ1n) is 3.77. The van der Waals surface area contributed by atoms with Gasteiger partial charge in [-0.25, -0.2) is 4.39 Å². The monoisotopic (exact) mass is 259 g/mol. The lowest BCUT2D eigenvalue weighted by molar-refractivity contribution is 0.0526. The average Bonchev–Trinajstić information content (AvgIpc) is 2.20. The lowest BCUT2D eigenvalue weighted by atomic mass is 10.1. The number of benzene rings is 1. The molecule has 3 nitrogen and oxygen atoms in total. The molecule has 0 heterocycles. The van der Waals surface area contributed by atoms with Gasteiger partial charge in [-0.2, -0.15) is 5.26 Å². The molecule has 0 spiro atoms. The zero-order valence-corrected chi connectivity index (χ0v) is 8.57. The summed E-state index contributed by atoms with van der Waals surface area (Å²) in [7, 11) is 0. The van der Waals surface area contributed by atoms with Crippen molar-refractivity contribution in [2.24, 2.45) is 0 Å². The molecule has 0 saturated heterocycles. The van der Waals surface area contributed by atoms with Crippen molar-refractivity contribution in [2.45, 2.75) is 12.2 Å². The molecule has 0 aliphatic carbocycles. The summed E-state index contributed by atoms with van der Waals surface area (Å²) in [5.41, 5.74) is 0.166. The molecule has 1 aromatic rings. The Hall–Kier alpha value is -0.960. The second kappa shape index (κ2) is 4.51. The van der Waals surface area contributed by atoms with Crippen molar-refractivity contribution in [1.82, 2.24) is 0 Å². The number of rotatable bonds is 2. The zero-order chi connectivity index (χ0) is 10.7. The largest absolute Gasteiger partial charge is 0.385 e. The third-order valence-electron chi connectivity index (χ3n) is 1.72. The Balaban J connectivity index is 2.98. The quantitative estimate of drug-likeness (QED) is 0.792. The Labute approximate surface area is 88.5 Å². The molecule has 2 N–H and O–H groups in total. The Morgan fingerprint density at radius 1 is 1.43 bits per heavy atom. The first-order valence-corrected chi connectivity index (χ1v) is 4.56. The zero-order valence-electron chi connectivity index (χ0n) is 6.98. The van der Waals surface area contributed by atoms with Crippen molar-refractivity contribution in [2.75, 3.05) is 0 Å². The van der Waals surface area contributed by atoms with Crippen molar-refractivity contribution < 1.29 is 14.6 Å². The first-order chi connectivity index (χ1) is 6.56. The summed E-state index contributed by atoms with van der Waals surface area (Å²) in [5.74, 6) is -0.549. The van der Waals surface area contributed by atoms with Gasteiger partial charge in [0.05, 0.1) is 10.5 Å².